The Balaban J connectivity index is 2.98. The monoisotopic (exact) mass is 268 g/mol. The van der Waals surface area contributed by atoms with Crippen molar-refractivity contribution in [2.75, 3.05) is 13.1 Å². The number of unbranched alkanes of at least 4 members (excludes halogenated alkanes) is 1. The summed E-state index contributed by atoms with van der Waals surface area (Å²) in [4.78, 5) is 2.77. The van der Waals surface area contributed by atoms with Crippen molar-refractivity contribution in [3.05, 3.63) is 0 Å². The van der Waals surface area contributed by atoms with Crippen LogP contribution in [0.2, 0.25) is 0 Å². The third-order valence-electron chi connectivity index (χ3n) is 5.77. The highest BCUT2D eigenvalue weighted by molar-refractivity contribution is 5.01. The van der Waals surface area contributed by atoms with E-state index in [1.807, 2.05) is 0 Å². The van der Waals surface area contributed by atoms with Crippen molar-refractivity contribution in [2.45, 2.75) is 84.7 Å². The van der Waals surface area contributed by atoms with Crippen LogP contribution in [-0.4, -0.2) is 29.6 Å². The van der Waals surface area contributed by atoms with Crippen LogP contribution in [0, 0.1) is 11.8 Å². The molecule has 0 amide bonds. The van der Waals surface area contributed by atoms with Gasteiger partial charge in [0.15, 0.2) is 0 Å². The first-order valence-corrected chi connectivity index (χ1v) is 8.50. The summed E-state index contributed by atoms with van der Waals surface area (Å²) in [5.41, 5.74) is 6.57. The van der Waals surface area contributed by atoms with E-state index in [-0.39, 0.29) is 5.54 Å². The van der Waals surface area contributed by atoms with Crippen molar-refractivity contribution < 1.29 is 0 Å². The van der Waals surface area contributed by atoms with Crippen molar-refractivity contribution in [2.24, 2.45) is 17.6 Å². The minimum Gasteiger partial charge on any atom is -0.329 e. The lowest BCUT2D eigenvalue weighted by atomic mass is 9.66. The van der Waals surface area contributed by atoms with Gasteiger partial charge in [-0.15, -0.1) is 0 Å². The molecule has 19 heavy (non-hydrogen) atoms. The summed E-state index contributed by atoms with van der Waals surface area (Å²) in [6.45, 7) is 13.9. The smallest absolute Gasteiger partial charge is 0.0362 e. The summed E-state index contributed by atoms with van der Waals surface area (Å²) in [5.74, 6) is 1.53. The fourth-order valence-corrected chi connectivity index (χ4v) is 3.98. The SMILES string of the molecule is CCCCN(C(C)CC)C1(CN)CCCC(C)C1C. The molecular formula is C17H36N2. The van der Waals surface area contributed by atoms with Gasteiger partial charge in [0, 0.05) is 18.1 Å². The molecular weight excluding hydrogens is 232 g/mol. The Morgan fingerprint density at radius 2 is 2.00 bits per heavy atom. The first-order chi connectivity index (χ1) is 9.03. The van der Waals surface area contributed by atoms with Gasteiger partial charge in [-0.25, -0.2) is 0 Å². The van der Waals surface area contributed by atoms with Crippen LogP contribution in [0.3, 0.4) is 0 Å². The van der Waals surface area contributed by atoms with Crippen LogP contribution in [0.4, 0.5) is 0 Å². The number of hydrogen-bond acceptors (Lipinski definition) is 2. The highest BCUT2D eigenvalue weighted by atomic mass is 15.2. The fraction of sp³-hybridized carbons (Fsp3) is 1.00. The summed E-state index contributed by atoms with van der Waals surface area (Å²) in [6.07, 6.45) is 7.83. The van der Waals surface area contributed by atoms with Crippen LogP contribution in [0.1, 0.15) is 73.1 Å². The molecule has 1 saturated carbocycles. The molecule has 0 aromatic rings. The van der Waals surface area contributed by atoms with Crippen LogP contribution < -0.4 is 5.73 Å². The minimum absolute atomic E-state index is 0.252. The number of nitrogens with zero attached hydrogens (tertiary/aromatic N) is 1. The third-order valence-corrected chi connectivity index (χ3v) is 5.77. The van der Waals surface area contributed by atoms with Gasteiger partial charge >= 0.3 is 0 Å². The second-order valence-electron chi connectivity index (χ2n) is 6.77. The molecule has 0 saturated heterocycles. The highest BCUT2D eigenvalue weighted by Crippen LogP contribution is 2.42. The molecule has 0 aromatic heterocycles. The van der Waals surface area contributed by atoms with E-state index in [2.05, 4.69) is 39.5 Å². The van der Waals surface area contributed by atoms with Gasteiger partial charge in [-0.05, 0) is 44.6 Å². The first kappa shape index (κ1) is 17.0. The van der Waals surface area contributed by atoms with Crippen molar-refractivity contribution in [3.8, 4) is 0 Å². The van der Waals surface area contributed by atoms with E-state index in [0.29, 0.717) is 6.04 Å². The minimum atomic E-state index is 0.252. The van der Waals surface area contributed by atoms with Gasteiger partial charge in [-0.1, -0.05) is 47.0 Å². The van der Waals surface area contributed by atoms with E-state index >= 15 is 0 Å². The zero-order valence-corrected chi connectivity index (χ0v) is 13.9. The van der Waals surface area contributed by atoms with Gasteiger partial charge in [0.25, 0.3) is 0 Å². The Morgan fingerprint density at radius 1 is 1.32 bits per heavy atom. The van der Waals surface area contributed by atoms with Gasteiger partial charge in [-0.2, -0.15) is 0 Å². The van der Waals surface area contributed by atoms with Gasteiger partial charge in [0.05, 0.1) is 0 Å². The van der Waals surface area contributed by atoms with E-state index in [4.69, 9.17) is 5.73 Å². The van der Waals surface area contributed by atoms with Crippen LogP contribution in [-0.2, 0) is 0 Å². The van der Waals surface area contributed by atoms with Crippen molar-refractivity contribution >= 4 is 0 Å². The van der Waals surface area contributed by atoms with Crippen LogP contribution >= 0.6 is 0 Å². The average molecular weight is 268 g/mol. The quantitative estimate of drug-likeness (QED) is 0.755. The van der Waals surface area contributed by atoms with E-state index in [0.717, 1.165) is 18.4 Å². The van der Waals surface area contributed by atoms with Gasteiger partial charge in [-0.3, -0.25) is 4.90 Å². The van der Waals surface area contributed by atoms with E-state index in [1.165, 1.54) is 45.1 Å². The Hall–Kier alpha value is -0.0800. The van der Waals surface area contributed by atoms with E-state index < -0.39 is 0 Å². The normalized spacial score (nSPS) is 33.6. The van der Waals surface area contributed by atoms with Crippen molar-refractivity contribution in [3.63, 3.8) is 0 Å². The maximum atomic E-state index is 6.31. The van der Waals surface area contributed by atoms with Crippen molar-refractivity contribution in [1.29, 1.82) is 0 Å². The average Bonchev–Trinajstić information content (AvgIpc) is 2.43. The molecule has 1 fully saturated rings. The summed E-state index contributed by atoms with van der Waals surface area (Å²) in [6, 6.07) is 0.655. The lowest BCUT2D eigenvalue weighted by Gasteiger charge is -2.54. The molecule has 0 aromatic carbocycles. The fourth-order valence-electron chi connectivity index (χ4n) is 3.98. The molecule has 1 aliphatic carbocycles. The second kappa shape index (κ2) is 7.64. The Labute approximate surface area is 121 Å². The molecule has 1 aliphatic rings. The molecule has 0 bridgehead atoms. The van der Waals surface area contributed by atoms with Crippen molar-refractivity contribution in [1.82, 2.24) is 4.90 Å². The first-order valence-electron chi connectivity index (χ1n) is 8.50. The number of hydrogen-bond donors (Lipinski definition) is 1. The predicted molar refractivity (Wildman–Crippen MR) is 85.3 cm³/mol. The van der Waals surface area contributed by atoms with Crippen LogP contribution in [0.25, 0.3) is 0 Å². The largest absolute Gasteiger partial charge is 0.329 e. The maximum absolute atomic E-state index is 6.31. The zero-order valence-electron chi connectivity index (χ0n) is 13.9. The molecule has 0 heterocycles. The standard InChI is InChI=1S/C17H36N2/c1-6-8-12-19(15(4)7-2)17(13-18)11-9-10-14(3)16(17)5/h14-16H,6-13,18H2,1-5H3. The lowest BCUT2D eigenvalue weighted by molar-refractivity contribution is -0.0357. The van der Waals surface area contributed by atoms with Gasteiger partial charge in [0.1, 0.15) is 0 Å². The predicted octanol–water partition coefficient (Wildman–Crippen LogP) is 4.04. The Bertz CT molecular complexity index is 254. The second-order valence-corrected chi connectivity index (χ2v) is 6.77. The van der Waals surface area contributed by atoms with Gasteiger partial charge in [0.2, 0.25) is 0 Å². The highest BCUT2D eigenvalue weighted by Gasteiger charge is 2.45. The number of nitrogens with two attached hydrogens (primary N) is 1. The molecule has 4 unspecified atom stereocenters. The molecule has 1 rings (SSSR count). The van der Waals surface area contributed by atoms with Crippen LogP contribution in [0.15, 0.2) is 0 Å². The van der Waals surface area contributed by atoms with Gasteiger partial charge < -0.3 is 5.73 Å². The molecule has 0 radical (unpaired) electrons. The molecule has 2 nitrogen and oxygen atoms in total. The molecule has 0 spiro atoms. The molecule has 114 valence electrons. The number of rotatable bonds is 7. The zero-order chi connectivity index (χ0) is 14.5. The molecule has 4 atom stereocenters. The summed E-state index contributed by atoms with van der Waals surface area (Å²) in [5, 5.41) is 0. The Kier molecular flexibility index (Phi) is 6.82. The third kappa shape index (κ3) is 3.52. The summed E-state index contributed by atoms with van der Waals surface area (Å²) in [7, 11) is 0. The van der Waals surface area contributed by atoms with E-state index in [9.17, 15) is 0 Å². The lowest BCUT2D eigenvalue weighted by Crippen LogP contribution is -2.63. The van der Waals surface area contributed by atoms with Crippen LogP contribution in [0.5, 0.6) is 0 Å². The maximum Gasteiger partial charge on any atom is 0.0362 e. The molecule has 2 heteroatoms. The summed E-state index contributed by atoms with van der Waals surface area (Å²) < 4.78 is 0. The molecule has 0 aliphatic heterocycles. The van der Waals surface area contributed by atoms with E-state index in [1.54, 1.807) is 0 Å². The topological polar surface area (TPSA) is 29.3 Å². The summed E-state index contributed by atoms with van der Waals surface area (Å²) >= 11 is 0. The molecule has 2 N–H and O–H groups in total. The Morgan fingerprint density at radius 3 is 2.53 bits per heavy atom.